The Morgan fingerprint density at radius 1 is 0.905 bits per heavy atom. The van der Waals surface area contributed by atoms with Crippen LogP contribution in [0.1, 0.15) is 26.2 Å². The highest BCUT2D eigenvalue weighted by Gasteiger charge is 2.01. The number of rotatable bonds is 8. The van der Waals surface area contributed by atoms with E-state index in [9.17, 15) is 5.11 Å². The molecule has 0 aromatic heterocycles. The lowest BCUT2D eigenvalue weighted by Crippen LogP contribution is -2.07. The monoisotopic (exact) mass is 286 g/mol. The Morgan fingerprint density at radius 2 is 1.52 bits per heavy atom. The van der Waals surface area contributed by atoms with Crippen molar-refractivity contribution in [2.45, 2.75) is 32.3 Å². The number of aliphatic hydroxyl groups is 1. The molecule has 0 aliphatic carbocycles. The van der Waals surface area contributed by atoms with Crippen molar-refractivity contribution in [3.05, 3.63) is 54.6 Å². The van der Waals surface area contributed by atoms with Crippen LogP contribution in [0.5, 0.6) is 17.2 Å². The van der Waals surface area contributed by atoms with Gasteiger partial charge in [0, 0.05) is 0 Å². The highest BCUT2D eigenvalue weighted by molar-refractivity contribution is 5.35. The van der Waals surface area contributed by atoms with E-state index in [0.29, 0.717) is 6.61 Å². The van der Waals surface area contributed by atoms with Crippen LogP contribution in [-0.2, 0) is 0 Å². The van der Waals surface area contributed by atoms with Gasteiger partial charge in [-0.1, -0.05) is 25.1 Å². The molecule has 0 fully saturated rings. The maximum absolute atomic E-state index is 9.46. The number of ether oxygens (including phenoxy) is 2. The predicted molar refractivity (Wildman–Crippen MR) is 84.0 cm³/mol. The molecule has 3 heteroatoms. The van der Waals surface area contributed by atoms with Gasteiger partial charge < -0.3 is 14.6 Å². The van der Waals surface area contributed by atoms with Crippen molar-refractivity contribution in [1.29, 1.82) is 0 Å². The standard InChI is InChI=1S/C18H22O3/c1-2-15(19)7-6-14-20-16-10-12-18(13-11-16)21-17-8-4-3-5-9-17/h3-5,8-13,15,19H,2,6-7,14H2,1H3. The summed E-state index contributed by atoms with van der Waals surface area (Å²) in [5.41, 5.74) is 0. The summed E-state index contributed by atoms with van der Waals surface area (Å²) in [6, 6.07) is 17.3. The van der Waals surface area contributed by atoms with E-state index in [0.717, 1.165) is 36.5 Å². The fourth-order valence-electron chi connectivity index (χ4n) is 1.94. The molecule has 0 bridgehead atoms. The van der Waals surface area contributed by atoms with Crippen molar-refractivity contribution in [3.63, 3.8) is 0 Å². The Kier molecular flexibility index (Phi) is 6.10. The fraction of sp³-hybridized carbons (Fsp3) is 0.333. The molecule has 2 rings (SSSR count). The van der Waals surface area contributed by atoms with Crippen LogP contribution in [-0.4, -0.2) is 17.8 Å². The van der Waals surface area contributed by atoms with Gasteiger partial charge in [0.05, 0.1) is 12.7 Å². The highest BCUT2D eigenvalue weighted by atomic mass is 16.5. The minimum atomic E-state index is -0.213. The maximum Gasteiger partial charge on any atom is 0.127 e. The van der Waals surface area contributed by atoms with Crippen LogP contribution in [0.25, 0.3) is 0 Å². The van der Waals surface area contributed by atoms with Crippen LogP contribution in [0.2, 0.25) is 0 Å². The molecule has 0 saturated carbocycles. The second kappa shape index (κ2) is 8.32. The zero-order valence-electron chi connectivity index (χ0n) is 12.4. The van der Waals surface area contributed by atoms with Gasteiger partial charge in [0.1, 0.15) is 17.2 Å². The Labute approximate surface area is 126 Å². The van der Waals surface area contributed by atoms with Crippen LogP contribution in [0.4, 0.5) is 0 Å². The Balaban J connectivity index is 1.77. The summed E-state index contributed by atoms with van der Waals surface area (Å²) in [5, 5.41) is 9.46. The van der Waals surface area contributed by atoms with Crippen molar-refractivity contribution in [1.82, 2.24) is 0 Å². The number of para-hydroxylation sites is 1. The van der Waals surface area contributed by atoms with E-state index < -0.39 is 0 Å². The minimum Gasteiger partial charge on any atom is -0.494 e. The molecule has 112 valence electrons. The summed E-state index contributed by atoms with van der Waals surface area (Å²) in [6.45, 7) is 2.60. The Morgan fingerprint density at radius 3 is 2.19 bits per heavy atom. The molecular weight excluding hydrogens is 264 g/mol. The van der Waals surface area contributed by atoms with E-state index >= 15 is 0 Å². The largest absolute Gasteiger partial charge is 0.494 e. The van der Waals surface area contributed by atoms with Crippen molar-refractivity contribution in [3.8, 4) is 17.2 Å². The number of benzene rings is 2. The first-order chi connectivity index (χ1) is 10.3. The van der Waals surface area contributed by atoms with Gasteiger partial charge in [-0.3, -0.25) is 0 Å². The van der Waals surface area contributed by atoms with Crippen LogP contribution >= 0.6 is 0 Å². The van der Waals surface area contributed by atoms with Gasteiger partial charge in [-0.25, -0.2) is 0 Å². The topological polar surface area (TPSA) is 38.7 Å². The van der Waals surface area contributed by atoms with E-state index in [2.05, 4.69) is 0 Å². The van der Waals surface area contributed by atoms with Gasteiger partial charge in [0.2, 0.25) is 0 Å². The molecule has 1 atom stereocenters. The maximum atomic E-state index is 9.46. The normalized spacial score (nSPS) is 11.9. The Hall–Kier alpha value is -2.00. The van der Waals surface area contributed by atoms with E-state index in [1.165, 1.54) is 0 Å². The molecule has 1 unspecified atom stereocenters. The van der Waals surface area contributed by atoms with Gasteiger partial charge in [-0.15, -0.1) is 0 Å². The first kappa shape index (κ1) is 15.4. The summed E-state index contributed by atoms with van der Waals surface area (Å²) in [6.07, 6.45) is 2.23. The van der Waals surface area contributed by atoms with Gasteiger partial charge in [-0.05, 0) is 55.7 Å². The lowest BCUT2D eigenvalue weighted by atomic mass is 10.1. The van der Waals surface area contributed by atoms with Crippen molar-refractivity contribution in [2.24, 2.45) is 0 Å². The van der Waals surface area contributed by atoms with Gasteiger partial charge in [0.15, 0.2) is 0 Å². The van der Waals surface area contributed by atoms with E-state index in [-0.39, 0.29) is 6.10 Å². The fourth-order valence-corrected chi connectivity index (χ4v) is 1.94. The molecule has 0 saturated heterocycles. The number of hydrogen-bond acceptors (Lipinski definition) is 3. The summed E-state index contributed by atoms with van der Waals surface area (Å²) in [5.74, 6) is 2.43. The third-order valence-corrected chi connectivity index (χ3v) is 3.22. The first-order valence-electron chi connectivity index (χ1n) is 7.41. The second-order valence-electron chi connectivity index (χ2n) is 4.94. The summed E-state index contributed by atoms with van der Waals surface area (Å²) in [4.78, 5) is 0. The molecule has 2 aromatic carbocycles. The van der Waals surface area contributed by atoms with Gasteiger partial charge in [-0.2, -0.15) is 0 Å². The molecule has 3 nitrogen and oxygen atoms in total. The average molecular weight is 286 g/mol. The summed E-state index contributed by atoms with van der Waals surface area (Å²) >= 11 is 0. The highest BCUT2D eigenvalue weighted by Crippen LogP contribution is 2.23. The SMILES string of the molecule is CCC(O)CCCOc1ccc(Oc2ccccc2)cc1. The van der Waals surface area contributed by atoms with E-state index in [4.69, 9.17) is 9.47 Å². The van der Waals surface area contributed by atoms with E-state index in [1.54, 1.807) is 0 Å². The third-order valence-electron chi connectivity index (χ3n) is 3.22. The lowest BCUT2D eigenvalue weighted by molar-refractivity contribution is 0.149. The zero-order valence-corrected chi connectivity index (χ0v) is 12.4. The van der Waals surface area contributed by atoms with Crippen molar-refractivity contribution < 1.29 is 14.6 Å². The number of hydrogen-bond donors (Lipinski definition) is 1. The smallest absolute Gasteiger partial charge is 0.127 e. The molecule has 0 heterocycles. The van der Waals surface area contributed by atoms with Crippen LogP contribution < -0.4 is 9.47 Å². The van der Waals surface area contributed by atoms with Crippen molar-refractivity contribution in [2.75, 3.05) is 6.61 Å². The molecule has 0 radical (unpaired) electrons. The van der Waals surface area contributed by atoms with Gasteiger partial charge >= 0.3 is 0 Å². The minimum absolute atomic E-state index is 0.213. The first-order valence-corrected chi connectivity index (χ1v) is 7.41. The van der Waals surface area contributed by atoms with Crippen molar-refractivity contribution >= 4 is 0 Å². The average Bonchev–Trinajstić information content (AvgIpc) is 2.54. The van der Waals surface area contributed by atoms with E-state index in [1.807, 2.05) is 61.5 Å². The molecule has 0 spiro atoms. The summed E-state index contributed by atoms with van der Waals surface area (Å²) < 4.78 is 11.4. The lowest BCUT2D eigenvalue weighted by Gasteiger charge is -2.10. The van der Waals surface area contributed by atoms with Crippen LogP contribution in [0.3, 0.4) is 0 Å². The molecular formula is C18H22O3. The predicted octanol–water partition coefficient (Wildman–Crippen LogP) is 4.41. The van der Waals surface area contributed by atoms with Gasteiger partial charge in [0.25, 0.3) is 0 Å². The molecule has 1 N–H and O–H groups in total. The zero-order chi connectivity index (χ0) is 14.9. The second-order valence-corrected chi connectivity index (χ2v) is 4.94. The quantitative estimate of drug-likeness (QED) is 0.731. The number of aliphatic hydroxyl groups excluding tert-OH is 1. The van der Waals surface area contributed by atoms with Crippen LogP contribution in [0, 0.1) is 0 Å². The third kappa shape index (κ3) is 5.48. The molecule has 0 amide bonds. The Bertz CT molecular complexity index is 508. The molecule has 0 aliphatic heterocycles. The van der Waals surface area contributed by atoms with Crippen LogP contribution in [0.15, 0.2) is 54.6 Å². The molecule has 2 aromatic rings. The molecule has 21 heavy (non-hydrogen) atoms. The molecule has 0 aliphatic rings. The summed E-state index contributed by atoms with van der Waals surface area (Å²) in [7, 11) is 0.